The summed E-state index contributed by atoms with van der Waals surface area (Å²) < 4.78 is 21.2. The van der Waals surface area contributed by atoms with Gasteiger partial charge in [-0.1, -0.05) is 0 Å². The molecular weight excluding hydrogens is 434 g/mol. The Hall–Kier alpha value is -3.07. The molecule has 9 heteroatoms. The minimum absolute atomic E-state index is 0.0408. The average Bonchev–Trinajstić information content (AvgIpc) is 3.12. The maximum Gasteiger partial charge on any atom is 0.338 e. The number of hydrogen-bond acceptors (Lipinski definition) is 7. The van der Waals surface area contributed by atoms with E-state index in [1.807, 2.05) is 0 Å². The fraction of sp³-hybridized carbons (Fsp3) is 0.211. The van der Waals surface area contributed by atoms with Crippen LogP contribution in [0.1, 0.15) is 27.6 Å². The van der Waals surface area contributed by atoms with Gasteiger partial charge in [-0.05, 0) is 47.1 Å². The molecule has 0 unspecified atom stereocenters. The number of ether oxygens (including phenoxy) is 4. The molecule has 1 N–H and O–H groups in total. The molecule has 1 aliphatic heterocycles. The number of carbonyl (C=O) groups is 3. The highest BCUT2D eigenvalue weighted by Crippen LogP contribution is 2.37. The van der Waals surface area contributed by atoms with Crippen LogP contribution in [0.2, 0.25) is 0 Å². The van der Waals surface area contributed by atoms with Crippen LogP contribution in [-0.4, -0.2) is 38.2 Å². The zero-order valence-corrected chi connectivity index (χ0v) is 16.6. The van der Waals surface area contributed by atoms with Gasteiger partial charge in [0.1, 0.15) is 5.75 Å². The van der Waals surface area contributed by atoms with E-state index in [9.17, 15) is 14.4 Å². The molecular formula is C19H16BrNO7. The second-order valence-corrected chi connectivity index (χ2v) is 6.64. The molecule has 1 heterocycles. The molecule has 3 rings (SSSR count). The lowest BCUT2D eigenvalue weighted by atomic mass is 10.1. The van der Waals surface area contributed by atoms with Crippen molar-refractivity contribution in [2.24, 2.45) is 0 Å². The van der Waals surface area contributed by atoms with Crippen LogP contribution in [0, 0.1) is 0 Å². The molecule has 0 radical (unpaired) electrons. The summed E-state index contributed by atoms with van der Waals surface area (Å²) in [4.78, 5) is 36.2. The summed E-state index contributed by atoms with van der Waals surface area (Å²) in [7, 11) is 1.51. The third kappa shape index (κ3) is 4.25. The maximum atomic E-state index is 12.2. The molecule has 28 heavy (non-hydrogen) atoms. The van der Waals surface area contributed by atoms with Gasteiger partial charge in [-0.2, -0.15) is 0 Å². The van der Waals surface area contributed by atoms with E-state index in [1.54, 1.807) is 6.07 Å². The van der Waals surface area contributed by atoms with Crippen molar-refractivity contribution < 1.29 is 33.3 Å². The Kier molecular flexibility index (Phi) is 5.84. The van der Waals surface area contributed by atoms with Crippen molar-refractivity contribution in [2.75, 3.05) is 25.8 Å². The monoisotopic (exact) mass is 449 g/mol. The molecule has 0 saturated heterocycles. The molecule has 0 fully saturated rings. The van der Waals surface area contributed by atoms with Gasteiger partial charge in [0.25, 0.3) is 5.91 Å². The first-order valence-corrected chi connectivity index (χ1v) is 8.93. The Labute approximate surface area is 168 Å². The molecule has 0 aliphatic carbocycles. The van der Waals surface area contributed by atoms with Gasteiger partial charge in [0.2, 0.25) is 6.79 Å². The zero-order valence-electron chi connectivity index (χ0n) is 15.0. The molecule has 1 aliphatic rings. The van der Waals surface area contributed by atoms with Gasteiger partial charge >= 0.3 is 5.97 Å². The third-order valence-corrected chi connectivity index (χ3v) is 4.51. The van der Waals surface area contributed by atoms with Crippen LogP contribution in [0.3, 0.4) is 0 Å². The smallest absolute Gasteiger partial charge is 0.338 e. The molecule has 0 aromatic heterocycles. The quantitative estimate of drug-likeness (QED) is 0.533. The van der Waals surface area contributed by atoms with Crippen molar-refractivity contribution in [3.63, 3.8) is 0 Å². The van der Waals surface area contributed by atoms with Gasteiger partial charge in [0.15, 0.2) is 23.9 Å². The number of anilines is 1. The number of hydrogen-bond donors (Lipinski definition) is 1. The van der Waals surface area contributed by atoms with E-state index in [0.717, 1.165) is 0 Å². The van der Waals surface area contributed by atoms with E-state index >= 15 is 0 Å². The topological polar surface area (TPSA) is 100 Å². The molecule has 2 aromatic rings. The number of nitrogens with one attached hydrogen (secondary N) is 1. The number of rotatable bonds is 6. The van der Waals surface area contributed by atoms with E-state index in [-0.39, 0.29) is 29.4 Å². The number of Topliss-reactive ketones (excluding diaryl/α,β-unsaturated/α-hetero) is 1. The van der Waals surface area contributed by atoms with E-state index in [2.05, 4.69) is 21.2 Å². The second-order valence-electron chi connectivity index (χ2n) is 5.78. The molecule has 8 nitrogen and oxygen atoms in total. The first-order chi connectivity index (χ1) is 13.4. The number of halogens is 1. The van der Waals surface area contributed by atoms with Gasteiger partial charge in [-0.15, -0.1) is 0 Å². The van der Waals surface area contributed by atoms with Crippen LogP contribution in [0.4, 0.5) is 5.69 Å². The average molecular weight is 450 g/mol. The van der Waals surface area contributed by atoms with Crippen LogP contribution >= 0.6 is 15.9 Å². The van der Waals surface area contributed by atoms with Gasteiger partial charge in [-0.3, -0.25) is 9.59 Å². The fourth-order valence-corrected chi connectivity index (χ4v) is 3.07. The first kappa shape index (κ1) is 19.7. The van der Waals surface area contributed by atoms with Crippen molar-refractivity contribution in [1.82, 2.24) is 0 Å². The van der Waals surface area contributed by atoms with Crippen molar-refractivity contribution in [3.8, 4) is 17.2 Å². The lowest BCUT2D eigenvalue weighted by molar-refractivity contribution is -0.119. The summed E-state index contributed by atoms with van der Waals surface area (Å²) in [5.41, 5.74) is 0.779. The largest absolute Gasteiger partial charge is 0.496 e. The van der Waals surface area contributed by atoms with Crippen LogP contribution in [-0.2, 0) is 9.53 Å². The highest BCUT2D eigenvalue weighted by atomic mass is 79.9. The van der Waals surface area contributed by atoms with Crippen molar-refractivity contribution in [3.05, 3.63) is 45.9 Å². The minimum atomic E-state index is -0.670. The lowest BCUT2D eigenvalue weighted by Crippen LogP contribution is -2.22. The number of fused-ring (bicyclic) bond motifs is 1. The number of methoxy groups -OCH3 is 1. The van der Waals surface area contributed by atoms with Crippen molar-refractivity contribution in [2.45, 2.75) is 6.92 Å². The zero-order chi connectivity index (χ0) is 20.3. The predicted octanol–water partition coefficient (Wildman–Crippen LogP) is 3.18. The van der Waals surface area contributed by atoms with Crippen LogP contribution in [0.5, 0.6) is 17.2 Å². The van der Waals surface area contributed by atoms with Gasteiger partial charge in [0.05, 0.1) is 22.8 Å². The van der Waals surface area contributed by atoms with Crippen molar-refractivity contribution >= 4 is 39.3 Å². The Morgan fingerprint density at radius 1 is 1.14 bits per heavy atom. The number of amides is 1. The van der Waals surface area contributed by atoms with Crippen LogP contribution in [0.15, 0.2) is 34.8 Å². The predicted molar refractivity (Wildman–Crippen MR) is 102 cm³/mol. The number of ketones is 1. The number of esters is 1. The summed E-state index contributed by atoms with van der Waals surface area (Å²) in [6, 6.07) is 7.66. The molecule has 0 atom stereocenters. The van der Waals surface area contributed by atoms with E-state index in [0.29, 0.717) is 21.7 Å². The Morgan fingerprint density at radius 2 is 1.86 bits per heavy atom. The van der Waals surface area contributed by atoms with Gasteiger partial charge < -0.3 is 24.3 Å². The molecule has 0 saturated carbocycles. The number of carbonyl (C=O) groups excluding carboxylic acids is 3. The summed E-state index contributed by atoms with van der Waals surface area (Å²) >= 11 is 3.28. The van der Waals surface area contributed by atoms with E-state index in [1.165, 1.54) is 38.3 Å². The highest BCUT2D eigenvalue weighted by Gasteiger charge is 2.21. The Morgan fingerprint density at radius 3 is 2.50 bits per heavy atom. The number of benzene rings is 2. The summed E-state index contributed by atoms with van der Waals surface area (Å²) in [6.45, 7) is 0.891. The van der Waals surface area contributed by atoms with E-state index < -0.39 is 18.5 Å². The first-order valence-electron chi connectivity index (χ1n) is 8.14. The standard InChI is InChI=1S/C19H16BrNO7/c1-10(22)12-6-16-17(28-9-27-16)7-14(12)21-18(23)8-26-19(24)11-3-4-15(25-2)13(20)5-11/h3-7H,8-9H2,1-2H3,(H,21,23). The van der Waals surface area contributed by atoms with Crippen LogP contribution < -0.4 is 19.5 Å². The Balaban J connectivity index is 1.65. The SMILES string of the molecule is COc1ccc(C(=O)OCC(=O)Nc2cc3c(cc2C(C)=O)OCO3)cc1Br. The normalized spacial score (nSPS) is 11.7. The lowest BCUT2D eigenvalue weighted by Gasteiger charge is -2.11. The van der Waals surface area contributed by atoms with E-state index in [4.69, 9.17) is 18.9 Å². The summed E-state index contributed by atoms with van der Waals surface area (Å²) in [6.07, 6.45) is 0. The molecule has 146 valence electrons. The van der Waals surface area contributed by atoms with Gasteiger partial charge in [0, 0.05) is 11.6 Å². The second kappa shape index (κ2) is 8.30. The van der Waals surface area contributed by atoms with Gasteiger partial charge in [-0.25, -0.2) is 4.79 Å². The molecule has 1 amide bonds. The summed E-state index contributed by atoms with van der Waals surface area (Å²) in [5, 5.41) is 2.56. The fourth-order valence-electron chi connectivity index (χ4n) is 2.53. The third-order valence-electron chi connectivity index (χ3n) is 3.89. The minimum Gasteiger partial charge on any atom is -0.496 e. The van der Waals surface area contributed by atoms with Crippen LogP contribution in [0.25, 0.3) is 0 Å². The molecule has 0 bridgehead atoms. The molecule has 0 spiro atoms. The molecule has 2 aromatic carbocycles. The van der Waals surface area contributed by atoms with Crippen molar-refractivity contribution in [1.29, 1.82) is 0 Å². The Bertz CT molecular complexity index is 958. The maximum absolute atomic E-state index is 12.2. The summed E-state index contributed by atoms with van der Waals surface area (Å²) in [5.74, 6) is -0.110. The highest BCUT2D eigenvalue weighted by molar-refractivity contribution is 9.10.